The van der Waals surface area contributed by atoms with Gasteiger partial charge in [-0.3, -0.25) is 4.79 Å². The average Bonchev–Trinajstić information content (AvgIpc) is 2.82. The van der Waals surface area contributed by atoms with E-state index in [4.69, 9.17) is 23.4 Å². The number of hydrogen-bond donors (Lipinski definition) is 0. The van der Waals surface area contributed by atoms with Gasteiger partial charge in [-0.05, 0) is 36.2 Å². The number of allylic oxidation sites excluding steroid dienone is 2. The van der Waals surface area contributed by atoms with E-state index in [1.165, 1.54) is 21.3 Å². The van der Waals surface area contributed by atoms with E-state index in [2.05, 4.69) is 0 Å². The molecule has 2 heterocycles. The molecular formula is C25H22O7. The van der Waals surface area contributed by atoms with Gasteiger partial charge in [0.15, 0.2) is 17.3 Å². The molecule has 0 bridgehead atoms. The second-order valence-corrected chi connectivity index (χ2v) is 7.74. The normalized spacial score (nSPS) is 17.5. The summed E-state index contributed by atoms with van der Waals surface area (Å²) in [5.41, 5.74) is 1.34. The Labute approximate surface area is 184 Å². The Morgan fingerprint density at radius 3 is 2.34 bits per heavy atom. The van der Waals surface area contributed by atoms with Crippen LogP contribution < -0.4 is 24.6 Å². The first-order valence-electron chi connectivity index (χ1n) is 10.4. The molecule has 7 nitrogen and oxygen atoms in total. The lowest BCUT2D eigenvalue weighted by atomic mass is 9.77. The summed E-state index contributed by atoms with van der Waals surface area (Å²) in [6.45, 7) is 0. The number of Topliss-reactive ketones (excluding diaryl/α,β-unsaturated/α-hetero) is 1. The zero-order chi connectivity index (χ0) is 22.4. The van der Waals surface area contributed by atoms with Crippen LogP contribution in [-0.4, -0.2) is 27.1 Å². The van der Waals surface area contributed by atoms with Crippen molar-refractivity contribution in [2.75, 3.05) is 21.3 Å². The molecule has 5 rings (SSSR count). The molecule has 1 atom stereocenters. The summed E-state index contributed by atoms with van der Waals surface area (Å²) in [4.78, 5) is 26.3. The molecule has 1 unspecified atom stereocenters. The molecule has 1 aliphatic carbocycles. The fourth-order valence-corrected chi connectivity index (χ4v) is 4.63. The summed E-state index contributed by atoms with van der Waals surface area (Å²) in [6, 6.07) is 10.8. The molecule has 1 aliphatic heterocycles. The predicted octanol–water partition coefficient (Wildman–Crippen LogP) is 4.35. The van der Waals surface area contributed by atoms with Crippen LogP contribution in [0.25, 0.3) is 11.0 Å². The summed E-state index contributed by atoms with van der Waals surface area (Å²) in [7, 11) is 4.57. The lowest BCUT2D eigenvalue weighted by Gasteiger charge is -2.32. The van der Waals surface area contributed by atoms with Gasteiger partial charge in [0, 0.05) is 18.4 Å². The predicted molar refractivity (Wildman–Crippen MR) is 117 cm³/mol. The number of fused-ring (bicyclic) bond motifs is 3. The van der Waals surface area contributed by atoms with Crippen LogP contribution in [0.15, 0.2) is 56.9 Å². The van der Waals surface area contributed by atoms with Crippen LogP contribution in [0, 0.1) is 0 Å². The number of ketones is 1. The van der Waals surface area contributed by atoms with Gasteiger partial charge in [0.05, 0.1) is 38.2 Å². The molecule has 7 heteroatoms. The quantitative estimate of drug-likeness (QED) is 0.565. The summed E-state index contributed by atoms with van der Waals surface area (Å²) in [6.07, 6.45) is 1.72. The first kappa shape index (κ1) is 20.2. The van der Waals surface area contributed by atoms with Crippen molar-refractivity contribution in [2.45, 2.75) is 25.2 Å². The van der Waals surface area contributed by atoms with E-state index in [0.29, 0.717) is 75.7 Å². The molecule has 164 valence electrons. The van der Waals surface area contributed by atoms with Crippen molar-refractivity contribution in [3.8, 4) is 23.0 Å². The van der Waals surface area contributed by atoms with Crippen molar-refractivity contribution in [2.24, 2.45) is 0 Å². The Balaban J connectivity index is 1.85. The number of carbonyl (C=O) groups excluding carboxylic acids is 1. The fraction of sp³-hybridized carbons (Fsp3) is 0.280. The van der Waals surface area contributed by atoms with Gasteiger partial charge < -0.3 is 23.4 Å². The largest absolute Gasteiger partial charge is 0.493 e. The Bertz CT molecular complexity index is 1310. The minimum Gasteiger partial charge on any atom is -0.493 e. The minimum atomic E-state index is -0.670. The lowest BCUT2D eigenvalue weighted by Crippen LogP contribution is -2.29. The molecule has 2 aromatic carbocycles. The van der Waals surface area contributed by atoms with Crippen molar-refractivity contribution in [1.82, 2.24) is 0 Å². The average molecular weight is 434 g/mol. The van der Waals surface area contributed by atoms with Crippen molar-refractivity contribution >= 4 is 16.8 Å². The second kappa shape index (κ2) is 7.75. The number of ether oxygens (including phenoxy) is 4. The first-order chi connectivity index (χ1) is 15.6. The third-order valence-corrected chi connectivity index (χ3v) is 6.03. The molecule has 0 saturated carbocycles. The summed E-state index contributed by atoms with van der Waals surface area (Å²) >= 11 is 0. The van der Waals surface area contributed by atoms with Crippen LogP contribution in [-0.2, 0) is 4.79 Å². The van der Waals surface area contributed by atoms with Crippen LogP contribution in [0.5, 0.6) is 23.0 Å². The van der Waals surface area contributed by atoms with Crippen LogP contribution in [0.1, 0.15) is 36.3 Å². The van der Waals surface area contributed by atoms with Crippen molar-refractivity contribution in [3.63, 3.8) is 0 Å². The summed E-state index contributed by atoms with van der Waals surface area (Å²) in [5.74, 6) is 1.63. The molecular weight excluding hydrogens is 412 g/mol. The van der Waals surface area contributed by atoms with E-state index >= 15 is 0 Å². The highest BCUT2D eigenvalue weighted by Crippen LogP contribution is 2.50. The topological polar surface area (TPSA) is 84.2 Å². The minimum absolute atomic E-state index is 0.0387. The molecule has 2 aliphatic rings. The molecule has 0 saturated heterocycles. The van der Waals surface area contributed by atoms with Gasteiger partial charge in [0.25, 0.3) is 0 Å². The van der Waals surface area contributed by atoms with Crippen LogP contribution in [0.2, 0.25) is 0 Å². The molecule has 32 heavy (non-hydrogen) atoms. The Morgan fingerprint density at radius 1 is 0.938 bits per heavy atom. The maximum absolute atomic E-state index is 13.2. The fourth-order valence-electron chi connectivity index (χ4n) is 4.63. The standard InChI is InChI=1S/C25H22O7/c1-28-18-11-13(12-19(29-2)24(18)30-3)20-21-15(26)8-6-10-17(21)31-23-14-7-4-5-9-16(14)32-25(27)22(20)23/h4-5,7,9,11-12,20H,6,8,10H2,1-3H3. The molecule has 0 N–H and O–H groups in total. The highest BCUT2D eigenvalue weighted by atomic mass is 16.5. The number of rotatable bonds is 4. The van der Waals surface area contributed by atoms with E-state index < -0.39 is 11.5 Å². The van der Waals surface area contributed by atoms with Gasteiger partial charge in [-0.1, -0.05) is 12.1 Å². The zero-order valence-electron chi connectivity index (χ0n) is 18.0. The maximum Gasteiger partial charge on any atom is 0.344 e. The number of benzene rings is 2. The smallest absolute Gasteiger partial charge is 0.344 e. The first-order valence-corrected chi connectivity index (χ1v) is 10.4. The van der Waals surface area contributed by atoms with Gasteiger partial charge >= 0.3 is 5.63 Å². The number of carbonyl (C=O) groups is 1. The summed E-state index contributed by atoms with van der Waals surface area (Å²) < 4.78 is 28.3. The van der Waals surface area contributed by atoms with Gasteiger partial charge in [0.1, 0.15) is 17.1 Å². The molecule has 1 aromatic heterocycles. The molecule has 0 radical (unpaired) electrons. The van der Waals surface area contributed by atoms with E-state index in [9.17, 15) is 9.59 Å². The van der Waals surface area contributed by atoms with Crippen LogP contribution in [0.4, 0.5) is 0 Å². The summed E-state index contributed by atoms with van der Waals surface area (Å²) in [5, 5.41) is 0.684. The number of methoxy groups -OCH3 is 3. The van der Waals surface area contributed by atoms with Gasteiger partial charge in [-0.2, -0.15) is 0 Å². The second-order valence-electron chi connectivity index (χ2n) is 7.74. The molecule has 0 amide bonds. The maximum atomic E-state index is 13.2. The van der Waals surface area contributed by atoms with E-state index in [1.54, 1.807) is 24.3 Å². The third-order valence-electron chi connectivity index (χ3n) is 6.03. The van der Waals surface area contributed by atoms with Gasteiger partial charge in [0.2, 0.25) is 5.75 Å². The highest BCUT2D eigenvalue weighted by molar-refractivity contribution is 6.00. The Morgan fingerprint density at radius 2 is 1.66 bits per heavy atom. The van der Waals surface area contributed by atoms with Crippen molar-refractivity contribution in [3.05, 3.63) is 69.3 Å². The molecule has 0 fully saturated rings. The number of hydrogen-bond acceptors (Lipinski definition) is 7. The van der Waals surface area contributed by atoms with E-state index in [1.807, 2.05) is 12.1 Å². The van der Waals surface area contributed by atoms with Crippen LogP contribution in [0.3, 0.4) is 0 Å². The molecule has 3 aromatic rings. The van der Waals surface area contributed by atoms with Crippen molar-refractivity contribution < 1.29 is 28.2 Å². The van der Waals surface area contributed by atoms with Crippen LogP contribution >= 0.6 is 0 Å². The van der Waals surface area contributed by atoms with E-state index in [-0.39, 0.29) is 5.78 Å². The van der Waals surface area contributed by atoms with Gasteiger partial charge in [-0.15, -0.1) is 0 Å². The van der Waals surface area contributed by atoms with Crippen molar-refractivity contribution in [1.29, 1.82) is 0 Å². The third kappa shape index (κ3) is 2.96. The lowest BCUT2D eigenvalue weighted by molar-refractivity contribution is -0.116. The monoisotopic (exact) mass is 434 g/mol. The Kier molecular flexibility index (Phi) is 4.89. The van der Waals surface area contributed by atoms with Gasteiger partial charge in [-0.25, -0.2) is 4.79 Å². The van der Waals surface area contributed by atoms with E-state index in [0.717, 1.165) is 0 Å². The SMILES string of the molecule is COc1cc(C2C3=C(CCCC3=O)Oc3c2c(=O)oc2ccccc32)cc(OC)c1OC. The molecule has 0 spiro atoms. The number of para-hydroxylation sites is 1. The highest BCUT2D eigenvalue weighted by Gasteiger charge is 2.40. The Hall–Kier alpha value is -3.74. The zero-order valence-corrected chi connectivity index (χ0v) is 18.0.